The lowest BCUT2D eigenvalue weighted by Gasteiger charge is -2.33. The van der Waals surface area contributed by atoms with Gasteiger partial charge in [0.1, 0.15) is 5.82 Å². The lowest BCUT2D eigenvalue weighted by atomic mass is 10.2. The maximum absolute atomic E-state index is 13.3. The Kier molecular flexibility index (Phi) is 6.16. The zero-order chi connectivity index (χ0) is 23.5. The monoisotopic (exact) mass is 451 g/mol. The summed E-state index contributed by atoms with van der Waals surface area (Å²) < 4.78 is 15.2. The molecule has 33 heavy (non-hydrogen) atoms. The number of rotatable bonds is 4. The maximum atomic E-state index is 13.3. The Morgan fingerprint density at radius 3 is 2.12 bits per heavy atom. The molecule has 0 saturated carbocycles. The first-order valence-corrected chi connectivity index (χ1v) is 10.4. The van der Waals surface area contributed by atoms with Crippen LogP contribution < -0.4 is 11.2 Å². The van der Waals surface area contributed by atoms with Crippen molar-refractivity contribution >= 4 is 11.8 Å². The smallest absolute Gasteiger partial charge is 0.339 e. The fraction of sp³-hybridized carbons (Fsp3) is 0.261. The zero-order valence-corrected chi connectivity index (χ0v) is 18.0. The molecule has 9 nitrogen and oxygen atoms in total. The van der Waals surface area contributed by atoms with Crippen LogP contribution >= 0.6 is 0 Å². The molecule has 0 atom stereocenters. The Balaban J connectivity index is 1.77. The number of benzene rings is 2. The van der Waals surface area contributed by atoms with Gasteiger partial charge < -0.3 is 9.80 Å². The van der Waals surface area contributed by atoms with Gasteiger partial charge in [-0.05, 0) is 29.8 Å². The van der Waals surface area contributed by atoms with Gasteiger partial charge in [0, 0.05) is 33.1 Å². The van der Waals surface area contributed by atoms with Crippen LogP contribution in [0.3, 0.4) is 0 Å². The summed E-state index contributed by atoms with van der Waals surface area (Å²) in [6.07, 6.45) is 0. The summed E-state index contributed by atoms with van der Waals surface area (Å²) in [6, 6.07) is 13.9. The van der Waals surface area contributed by atoms with E-state index in [1.54, 1.807) is 35.2 Å². The lowest BCUT2D eigenvalue weighted by molar-refractivity contribution is -0.130. The highest BCUT2D eigenvalue weighted by atomic mass is 19.1. The predicted octanol–water partition coefficient (Wildman–Crippen LogP) is 0.886. The fourth-order valence-corrected chi connectivity index (χ4v) is 3.67. The van der Waals surface area contributed by atoms with E-state index < -0.39 is 28.7 Å². The number of aromatic nitrogens is 3. The molecule has 2 amide bonds. The Morgan fingerprint density at radius 2 is 1.52 bits per heavy atom. The van der Waals surface area contributed by atoms with Gasteiger partial charge in [0.05, 0.1) is 12.2 Å². The van der Waals surface area contributed by atoms with Crippen LogP contribution in [0.15, 0.2) is 64.2 Å². The highest BCUT2D eigenvalue weighted by Gasteiger charge is 2.28. The van der Waals surface area contributed by atoms with Gasteiger partial charge in [-0.25, -0.2) is 9.18 Å². The molecular weight excluding hydrogens is 429 g/mol. The number of para-hydroxylation sites is 1. The second-order valence-electron chi connectivity index (χ2n) is 7.69. The highest BCUT2D eigenvalue weighted by molar-refractivity contribution is 5.92. The van der Waals surface area contributed by atoms with E-state index in [2.05, 4.69) is 5.10 Å². The Morgan fingerprint density at radius 1 is 0.909 bits per heavy atom. The van der Waals surface area contributed by atoms with E-state index >= 15 is 0 Å². The van der Waals surface area contributed by atoms with Gasteiger partial charge in [-0.15, -0.1) is 0 Å². The summed E-state index contributed by atoms with van der Waals surface area (Å²) in [4.78, 5) is 54.2. The van der Waals surface area contributed by atoms with Crippen LogP contribution in [0.25, 0.3) is 5.69 Å². The number of carbonyl (C=O) groups is 2. The first kappa shape index (κ1) is 22.1. The number of hydrogen-bond acceptors (Lipinski definition) is 5. The van der Waals surface area contributed by atoms with Crippen molar-refractivity contribution in [1.82, 2.24) is 24.1 Å². The SMILES string of the molecule is CC(=O)N1CCN(C(=O)c2nn(-c3ccccc3)c(=O)n(Cc3ccc(F)cc3)c2=O)CC1. The molecule has 1 saturated heterocycles. The summed E-state index contributed by atoms with van der Waals surface area (Å²) in [6.45, 7) is 2.52. The molecule has 1 aliphatic rings. The molecule has 0 spiro atoms. The molecule has 4 rings (SSSR count). The minimum absolute atomic E-state index is 0.0838. The molecule has 0 aliphatic carbocycles. The second kappa shape index (κ2) is 9.19. The molecule has 0 N–H and O–H groups in total. The van der Waals surface area contributed by atoms with Crippen molar-refractivity contribution in [2.75, 3.05) is 26.2 Å². The first-order chi connectivity index (χ1) is 15.8. The maximum Gasteiger partial charge on any atom is 0.352 e. The van der Waals surface area contributed by atoms with Crippen molar-refractivity contribution in [2.45, 2.75) is 13.5 Å². The number of hydrogen-bond donors (Lipinski definition) is 0. The molecule has 0 unspecified atom stereocenters. The molecule has 0 bridgehead atoms. The Labute approximate surface area is 188 Å². The third-order valence-electron chi connectivity index (χ3n) is 5.53. The normalized spacial score (nSPS) is 13.8. The van der Waals surface area contributed by atoms with E-state index in [0.717, 1.165) is 9.25 Å². The summed E-state index contributed by atoms with van der Waals surface area (Å²) in [5.41, 5.74) is -1.01. The highest BCUT2D eigenvalue weighted by Crippen LogP contribution is 2.08. The van der Waals surface area contributed by atoms with Crippen molar-refractivity contribution in [3.63, 3.8) is 0 Å². The number of carbonyl (C=O) groups excluding carboxylic acids is 2. The van der Waals surface area contributed by atoms with Crippen LogP contribution in [0.4, 0.5) is 4.39 Å². The lowest BCUT2D eigenvalue weighted by Crippen LogP contribution is -2.52. The van der Waals surface area contributed by atoms with E-state index in [1.165, 1.54) is 36.1 Å². The van der Waals surface area contributed by atoms with E-state index in [-0.39, 0.29) is 25.5 Å². The van der Waals surface area contributed by atoms with Crippen LogP contribution in [-0.2, 0) is 11.3 Å². The number of halogens is 1. The van der Waals surface area contributed by atoms with Crippen molar-refractivity contribution in [3.05, 3.63) is 92.5 Å². The molecule has 2 heterocycles. The van der Waals surface area contributed by atoms with Gasteiger partial charge in [-0.3, -0.25) is 19.0 Å². The van der Waals surface area contributed by atoms with Crippen molar-refractivity contribution in [1.29, 1.82) is 0 Å². The van der Waals surface area contributed by atoms with Gasteiger partial charge in [-0.1, -0.05) is 30.3 Å². The van der Waals surface area contributed by atoms with Crippen LogP contribution in [0.5, 0.6) is 0 Å². The summed E-state index contributed by atoms with van der Waals surface area (Å²) in [7, 11) is 0. The van der Waals surface area contributed by atoms with Crippen molar-refractivity contribution < 1.29 is 14.0 Å². The molecule has 0 radical (unpaired) electrons. The third kappa shape index (κ3) is 4.59. The van der Waals surface area contributed by atoms with Gasteiger partial charge in [0.2, 0.25) is 11.6 Å². The minimum atomic E-state index is -0.824. The predicted molar refractivity (Wildman–Crippen MR) is 118 cm³/mol. The van der Waals surface area contributed by atoms with E-state index in [1.807, 2.05) is 0 Å². The average molecular weight is 451 g/mol. The average Bonchev–Trinajstić information content (AvgIpc) is 2.83. The van der Waals surface area contributed by atoms with Crippen molar-refractivity contribution in [3.8, 4) is 5.69 Å². The largest absolute Gasteiger partial charge is 0.352 e. The molecule has 170 valence electrons. The fourth-order valence-electron chi connectivity index (χ4n) is 3.67. The molecule has 2 aromatic carbocycles. The van der Waals surface area contributed by atoms with E-state index in [9.17, 15) is 23.6 Å². The zero-order valence-electron chi connectivity index (χ0n) is 18.0. The van der Waals surface area contributed by atoms with Crippen LogP contribution in [0.2, 0.25) is 0 Å². The van der Waals surface area contributed by atoms with Crippen LogP contribution in [-0.4, -0.2) is 62.1 Å². The number of nitrogens with zero attached hydrogens (tertiary/aromatic N) is 5. The van der Waals surface area contributed by atoms with Crippen LogP contribution in [0, 0.1) is 5.82 Å². The first-order valence-electron chi connectivity index (χ1n) is 10.4. The molecule has 10 heteroatoms. The van der Waals surface area contributed by atoms with Gasteiger partial charge in [0.15, 0.2) is 0 Å². The molecule has 1 aliphatic heterocycles. The summed E-state index contributed by atoms with van der Waals surface area (Å²) >= 11 is 0. The summed E-state index contributed by atoms with van der Waals surface area (Å²) in [5.74, 6) is -1.14. The quantitative estimate of drug-likeness (QED) is 0.587. The Bertz CT molecular complexity index is 1290. The number of piperazine rings is 1. The third-order valence-corrected chi connectivity index (χ3v) is 5.53. The van der Waals surface area contributed by atoms with Gasteiger partial charge in [-0.2, -0.15) is 9.78 Å². The number of amides is 2. The topological polar surface area (TPSA) is 97.5 Å². The molecule has 3 aromatic rings. The molecular formula is C23H22FN5O4. The minimum Gasteiger partial charge on any atom is -0.339 e. The van der Waals surface area contributed by atoms with Gasteiger partial charge >= 0.3 is 5.69 Å². The standard InChI is InChI=1S/C23H22FN5O4/c1-16(30)26-11-13-27(14-12-26)21(31)20-22(32)28(15-17-7-9-18(24)10-8-17)23(33)29(25-20)19-5-3-2-4-6-19/h2-10H,11-15H2,1H3. The second-order valence-corrected chi connectivity index (χ2v) is 7.69. The Hall–Kier alpha value is -4.08. The van der Waals surface area contributed by atoms with Crippen LogP contribution in [0.1, 0.15) is 23.0 Å². The summed E-state index contributed by atoms with van der Waals surface area (Å²) in [5, 5.41) is 4.13. The molecule has 1 aromatic heterocycles. The molecule has 1 fully saturated rings. The van der Waals surface area contributed by atoms with E-state index in [4.69, 9.17) is 0 Å². The van der Waals surface area contributed by atoms with Gasteiger partial charge in [0.25, 0.3) is 11.5 Å². The van der Waals surface area contributed by atoms with Crippen molar-refractivity contribution in [2.24, 2.45) is 0 Å². The van der Waals surface area contributed by atoms with E-state index in [0.29, 0.717) is 24.3 Å².